The minimum absolute atomic E-state index is 0.323. The Morgan fingerprint density at radius 2 is 1.95 bits per heavy atom. The van der Waals surface area contributed by atoms with E-state index in [4.69, 9.17) is 0 Å². The molecule has 2 aromatic rings. The number of nitrogens with one attached hydrogen (secondary N) is 1. The molecule has 1 unspecified atom stereocenters. The largest absolute Gasteiger partial charge is 0.312 e. The average molecular weight is 284 g/mol. The first-order valence-corrected chi connectivity index (χ1v) is 8.02. The maximum absolute atomic E-state index is 4.28. The van der Waals surface area contributed by atoms with E-state index in [0.29, 0.717) is 6.04 Å². The topological polar surface area (TPSA) is 42.7 Å². The second kappa shape index (κ2) is 6.85. The van der Waals surface area contributed by atoms with E-state index in [1.165, 1.54) is 38.5 Å². The number of aromatic nitrogens is 3. The molecule has 0 spiro atoms. The Bertz CT molecular complexity index is 543. The summed E-state index contributed by atoms with van der Waals surface area (Å²) in [5, 5.41) is 11.9. The van der Waals surface area contributed by atoms with Crippen molar-refractivity contribution in [3.63, 3.8) is 0 Å². The van der Waals surface area contributed by atoms with Gasteiger partial charge in [0.05, 0.1) is 23.6 Å². The second-order valence-electron chi connectivity index (χ2n) is 5.99. The fourth-order valence-corrected chi connectivity index (χ4v) is 3.39. The molecule has 0 aliphatic heterocycles. The molecule has 0 amide bonds. The van der Waals surface area contributed by atoms with Crippen LogP contribution in [-0.4, -0.2) is 22.0 Å². The first-order chi connectivity index (χ1) is 10.4. The summed E-state index contributed by atoms with van der Waals surface area (Å²) in [5.74, 6) is 0.829. The van der Waals surface area contributed by atoms with E-state index in [1.807, 2.05) is 36.1 Å². The van der Waals surface area contributed by atoms with Crippen LogP contribution in [0.15, 0.2) is 36.5 Å². The lowest BCUT2D eigenvalue weighted by atomic mass is 9.84. The SMILES string of the molecule is CNC(CC1CCCCC1)c1cnnn1-c1ccccc1. The van der Waals surface area contributed by atoms with Crippen molar-refractivity contribution in [2.75, 3.05) is 7.05 Å². The summed E-state index contributed by atoms with van der Waals surface area (Å²) in [5.41, 5.74) is 2.24. The van der Waals surface area contributed by atoms with Gasteiger partial charge in [0.25, 0.3) is 0 Å². The molecule has 1 heterocycles. The molecule has 1 aromatic heterocycles. The highest BCUT2D eigenvalue weighted by atomic mass is 15.4. The monoisotopic (exact) mass is 284 g/mol. The van der Waals surface area contributed by atoms with Crippen LogP contribution in [0.1, 0.15) is 50.3 Å². The van der Waals surface area contributed by atoms with Crippen molar-refractivity contribution in [1.29, 1.82) is 0 Å². The highest BCUT2D eigenvalue weighted by Gasteiger charge is 2.22. The van der Waals surface area contributed by atoms with Gasteiger partial charge in [-0.15, -0.1) is 5.10 Å². The van der Waals surface area contributed by atoms with Gasteiger partial charge in [-0.1, -0.05) is 55.5 Å². The minimum atomic E-state index is 0.323. The summed E-state index contributed by atoms with van der Waals surface area (Å²) in [7, 11) is 2.04. The molecule has 1 N–H and O–H groups in total. The van der Waals surface area contributed by atoms with Crippen molar-refractivity contribution in [3.05, 3.63) is 42.2 Å². The molecule has 1 aliphatic carbocycles. The number of hydrogen-bond acceptors (Lipinski definition) is 3. The van der Waals surface area contributed by atoms with Gasteiger partial charge >= 0.3 is 0 Å². The molecule has 1 aromatic carbocycles. The van der Waals surface area contributed by atoms with Crippen LogP contribution in [-0.2, 0) is 0 Å². The predicted octanol–water partition coefficient (Wildman–Crippen LogP) is 3.50. The lowest BCUT2D eigenvalue weighted by Crippen LogP contribution is -2.23. The quantitative estimate of drug-likeness (QED) is 0.914. The maximum Gasteiger partial charge on any atom is 0.0815 e. The summed E-state index contributed by atoms with van der Waals surface area (Å²) >= 11 is 0. The van der Waals surface area contributed by atoms with Gasteiger partial charge in [0.2, 0.25) is 0 Å². The van der Waals surface area contributed by atoms with E-state index in [0.717, 1.165) is 17.3 Å². The van der Waals surface area contributed by atoms with E-state index in [-0.39, 0.29) is 0 Å². The Morgan fingerprint density at radius 3 is 2.67 bits per heavy atom. The van der Waals surface area contributed by atoms with E-state index in [1.54, 1.807) is 0 Å². The molecule has 0 bridgehead atoms. The van der Waals surface area contributed by atoms with Gasteiger partial charge in [0, 0.05) is 0 Å². The Morgan fingerprint density at radius 1 is 1.19 bits per heavy atom. The molecular weight excluding hydrogens is 260 g/mol. The smallest absolute Gasteiger partial charge is 0.0815 e. The second-order valence-corrected chi connectivity index (χ2v) is 5.99. The molecule has 1 atom stereocenters. The van der Waals surface area contributed by atoms with Crippen molar-refractivity contribution in [2.45, 2.75) is 44.6 Å². The van der Waals surface area contributed by atoms with Gasteiger partial charge in [-0.05, 0) is 31.5 Å². The van der Waals surface area contributed by atoms with Crippen LogP contribution >= 0.6 is 0 Å². The summed E-state index contributed by atoms with van der Waals surface area (Å²) in [6.07, 6.45) is 9.99. The van der Waals surface area contributed by atoms with E-state index in [9.17, 15) is 0 Å². The van der Waals surface area contributed by atoms with E-state index >= 15 is 0 Å². The van der Waals surface area contributed by atoms with Crippen molar-refractivity contribution >= 4 is 0 Å². The zero-order valence-corrected chi connectivity index (χ0v) is 12.7. The third-order valence-corrected chi connectivity index (χ3v) is 4.58. The highest BCUT2D eigenvalue weighted by molar-refractivity contribution is 5.32. The molecule has 0 saturated heterocycles. The first-order valence-electron chi connectivity index (χ1n) is 8.02. The van der Waals surface area contributed by atoms with Crippen molar-refractivity contribution in [2.24, 2.45) is 5.92 Å². The van der Waals surface area contributed by atoms with E-state index in [2.05, 4.69) is 27.8 Å². The van der Waals surface area contributed by atoms with Crippen molar-refractivity contribution in [1.82, 2.24) is 20.3 Å². The molecule has 3 rings (SSSR count). The Labute approximate surface area is 126 Å². The Hall–Kier alpha value is -1.68. The van der Waals surface area contributed by atoms with Crippen molar-refractivity contribution < 1.29 is 0 Å². The number of para-hydroxylation sites is 1. The van der Waals surface area contributed by atoms with Crippen LogP contribution in [0, 0.1) is 5.92 Å². The highest BCUT2D eigenvalue weighted by Crippen LogP contribution is 2.32. The fraction of sp³-hybridized carbons (Fsp3) is 0.529. The number of rotatable bonds is 5. The molecule has 4 nitrogen and oxygen atoms in total. The van der Waals surface area contributed by atoms with Gasteiger partial charge in [-0.25, -0.2) is 4.68 Å². The summed E-state index contributed by atoms with van der Waals surface area (Å²) in [4.78, 5) is 0. The van der Waals surface area contributed by atoms with Gasteiger partial charge in [0.1, 0.15) is 0 Å². The van der Waals surface area contributed by atoms with Crippen LogP contribution in [0.3, 0.4) is 0 Å². The fourth-order valence-electron chi connectivity index (χ4n) is 3.39. The molecule has 1 saturated carbocycles. The molecule has 0 radical (unpaired) electrons. The Kier molecular flexibility index (Phi) is 4.65. The van der Waals surface area contributed by atoms with Crippen LogP contribution in [0.25, 0.3) is 5.69 Å². The average Bonchev–Trinajstić information content (AvgIpc) is 3.04. The van der Waals surface area contributed by atoms with Crippen LogP contribution in [0.2, 0.25) is 0 Å². The van der Waals surface area contributed by atoms with Gasteiger partial charge in [-0.2, -0.15) is 0 Å². The van der Waals surface area contributed by atoms with Crippen LogP contribution in [0.5, 0.6) is 0 Å². The number of benzene rings is 1. The van der Waals surface area contributed by atoms with Gasteiger partial charge in [0.15, 0.2) is 0 Å². The Balaban J connectivity index is 1.79. The third-order valence-electron chi connectivity index (χ3n) is 4.58. The lowest BCUT2D eigenvalue weighted by Gasteiger charge is -2.26. The van der Waals surface area contributed by atoms with Crippen LogP contribution < -0.4 is 5.32 Å². The first kappa shape index (κ1) is 14.3. The zero-order valence-electron chi connectivity index (χ0n) is 12.7. The van der Waals surface area contributed by atoms with Gasteiger partial charge < -0.3 is 5.32 Å². The summed E-state index contributed by atoms with van der Waals surface area (Å²) in [6.45, 7) is 0. The normalized spacial score (nSPS) is 17.8. The molecule has 1 fully saturated rings. The molecule has 21 heavy (non-hydrogen) atoms. The van der Waals surface area contributed by atoms with E-state index < -0.39 is 0 Å². The summed E-state index contributed by atoms with van der Waals surface area (Å²) in [6, 6.07) is 10.6. The molecule has 1 aliphatic rings. The molecule has 4 heteroatoms. The third kappa shape index (κ3) is 3.32. The number of nitrogens with zero attached hydrogens (tertiary/aromatic N) is 3. The molecular formula is C17H24N4. The minimum Gasteiger partial charge on any atom is -0.312 e. The van der Waals surface area contributed by atoms with Crippen LogP contribution in [0.4, 0.5) is 0 Å². The standard InChI is InChI=1S/C17H24N4/c1-18-16(12-14-8-4-2-5-9-14)17-13-19-20-21(17)15-10-6-3-7-11-15/h3,6-7,10-11,13-14,16,18H,2,4-5,8-9,12H2,1H3. The maximum atomic E-state index is 4.28. The number of hydrogen-bond donors (Lipinski definition) is 1. The molecule has 112 valence electrons. The van der Waals surface area contributed by atoms with Crippen molar-refractivity contribution in [3.8, 4) is 5.69 Å². The zero-order chi connectivity index (χ0) is 14.5. The predicted molar refractivity (Wildman–Crippen MR) is 84.4 cm³/mol. The summed E-state index contributed by atoms with van der Waals surface area (Å²) < 4.78 is 1.96. The van der Waals surface area contributed by atoms with Gasteiger partial charge in [-0.3, -0.25) is 0 Å². The lowest BCUT2D eigenvalue weighted by molar-refractivity contribution is 0.302.